The molecular weight excluding hydrogens is 132 g/mol. The number of aliphatic hydroxyl groups excluding tert-OH is 1. The highest BCUT2D eigenvalue weighted by Gasteiger charge is 2.16. The molecule has 0 saturated heterocycles. The number of hydrogen-bond acceptors (Lipinski definition) is 2. The third-order valence-electron chi connectivity index (χ3n) is 1.23. The number of rotatable bonds is 2. The fourth-order valence-electron chi connectivity index (χ4n) is 0.682. The van der Waals surface area contributed by atoms with E-state index < -0.39 is 12.1 Å². The zero-order chi connectivity index (χ0) is 7.56. The number of urea groups is 1. The summed E-state index contributed by atoms with van der Waals surface area (Å²) in [5, 5.41) is 11.5. The molecule has 4 heteroatoms. The van der Waals surface area contributed by atoms with E-state index in [9.17, 15) is 4.79 Å². The lowest BCUT2D eigenvalue weighted by molar-refractivity contribution is 0.252. The lowest BCUT2D eigenvalue weighted by Crippen LogP contribution is -2.24. The van der Waals surface area contributed by atoms with Gasteiger partial charge in [-0.15, -0.1) is 6.58 Å². The van der Waals surface area contributed by atoms with E-state index >= 15 is 0 Å². The van der Waals surface area contributed by atoms with Gasteiger partial charge in [-0.05, 0) is 0 Å². The SMILES string of the molecule is C=CC(O)C1=NC(=O)NC1. The summed E-state index contributed by atoms with van der Waals surface area (Å²) in [6.45, 7) is 3.69. The molecule has 0 saturated carbocycles. The summed E-state index contributed by atoms with van der Waals surface area (Å²) in [6, 6.07) is -0.393. The molecule has 4 nitrogen and oxygen atoms in total. The highest BCUT2D eigenvalue weighted by atomic mass is 16.3. The first-order valence-electron chi connectivity index (χ1n) is 2.90. The van der Waals surface area contributed by atoms with Gasteiger partial charge in [-0.2, -0.15) is 4.99 Å². The minimum Gasteiger partial charge on any atom is -0.383 e. The standard InChI is InChI=1S/C6H8N2O2/c1-2-5(9)4-3-7-6(10)8-4/h2,5,9H,1,3H2,(H,7,10). The molecule has 1 rings (SSSR count). The number of carbonyl (C=O) groups excluding carboxylic acids is 1. The predicted octanol–water partition coefficient (Wildman–Crippen LogP) is -0.303. The summed E-state index contributed by atoms with van der Waals surface area (Å²) < 4.78 is 0. The van der Waals surface area contributed by atoms with E-state index in [1.807, 2.05) is 0 Å². The fraction of sp³-hybridized carbons (Fsp3) is 0.333. The molecule has 2 amide bonds. The van der Waals surface area contributed by atoms with Crippen LogP contribution in [0.25, 0.3) is 0 Å². The van der Waals surface area contributed by atoms with Crippen LogP contribution in [-0.2, 0) is 0 Å². The van der Waals surface area contributed by atoms with Gasteiger partial charge in [0.15, 0.2) is 0 Å². The quantitative estimate of drug-likeness (QED) is 0.517. The van der Waals surface area contributed by atoms with Gasteiger partial charge < -0.3 is 10.4 Å². The van der Waals surface area contributed by atoms with Crippen LogP contribution in [0.15, 0.2) is 17.6 Å². The van der Waals surface area contributed by atoms with E-state index in [4.69, 9.17) is 5.11 Å². The summed E-state index contributed by atoms with van der Waals surface area (Å²) in [5.74, 6) is 0. The molecule has 0 spiro atoms. The van der Waals surface area contributed by atoms with Crippen LogP contribution in [0, 0.1) is 0 Å². The Labute approximate surface area is 58.3 Å². The molecule has 10 heavy (non-hydrogen) atoms. The lowest BCUT2D eigenvalue weighted by atomic mass is 10.2. The smallest absolute Gasteiger partial charge is 0.341 e. The first-order chi connectivity index (χ1) is 4.74. The first-order valence-corrected chi connectivity index (χ1v) is 2.90. The maximum Gasteiger partial charge on any atom is 0.341 e. The third-order valence-corrected chi connectivity index (χ3v) is 1.23. The Hall–Kier alpha value is -1.16. The molecule has 0 aromatic heterocycles. The van der Waals surface area contributed by atoms with E-state index in [1.165, 1.54) is 6.08 Å². The van der Waals surface area contributed by atoms with E-state index in [2.05, 4.69) is 16.9 Å². The van der Waals surface area contributed by atoms with Gasteiger partial charge in [0.25, 0.3) is 0 Å². The van der Waals surface area contributed by atoms with Crippen molar-refractivity contribution in [3.63, 3.8) is 0 Å². The Kier molecular flexibility index (Phi) is 1.82. The lowest BCUT2D eigenvalue weighted by Gasteiger charge is -2.00. The third kappa shape index (κ3) is 1.22. The monoisotopic (exact) mass is 140 g/mol. The minimum absolute atomic E-state index is 0.325. The molecule has 0 fully saturated rings. The van der Waals surface area contributed by atoms with Crippen LogP contribution in [0.5, 0.6) is 0 Å². The average molecular weight is 140 g/mol. The molecule has 0 aromatic carbocycles. The maximum absolute atomic E-state index is 10.4. The summed E-state index contributed by atoms with van der Waals surface area (Å²) in [7, 11) is 0. The van der Waals surface area contributed by atoms with Gasteiger partial charge in [0, 0.05) is 0 Å². The van der Waals surface area contributed by atoms with Gasteiger partial charge in [-0.3, -0.25) is 0 Å². The second kappa shape index (κ2) is 2.62. The fourth-order valence-corrected chi connectivity index (χ4v) is 0.682. The molecule has 1 unspecified atom stereocenters. The van der Waals surface area contributed by atoms with Gasteiger partial charge in [-0.25, -0.2) is 4.79 Å². The Morgan fingerprint density at radius 1 is 1.90 bits per heavy atom. The van der Waals surface area contributed by atoms with E-state index in [0.717, 1.165) is 0 Å². The topological polar surface area (TPSA) is 61.7 Å². The Morgan fingerprint density at radius 3 is 3.00 bits per heavy atom. The molecule has 0 aliphatic carbocycles. The van der Waals surface area contributed by atoms with Crippen LogP contribution < -0.4 is 5.32 Å². The molecule has 0 radical (unpaired) electrons. The summed E-state index contributed by atoms with van der Waals surface area (Å²) >= 11 is 0. The minimum atomic E-state index is -0.793. The van der Waals surface area contributed by atoms with Crippen molar-refractivity contribution in [1.29, 1.82) is 0 Å². The van der Waals surface area contributed by atoms with Gasteiger partial charge in [0.1, 0.15) is 6.10 Å². The highest BCUT2D eigenvalue weighted by Crippen LogP contribution is 1.96. The number of carbonyl (C=O) groups is 1. The van der Waals surface area contributed by atoms with Crippen LogP contribution in [-0.4, -0.2) is 29.5 Å². The number of amides is 2. The van der Waals surface area contributed by atoms with Crippen molar-refractivity contribution in [2.75, 3.05) is 6.54 Å². The molecule has 0 bridgehead atoms. The van der Waals surface area contributed by atoms with Crippen molar-refractivity contribution >= 4 is 11.7 Å². The Morgan fingerprint density at radius 2 is 2.60 bits per heavy atom. The van der Waals surface area contributed by atoms with Crippen LogP contribution in [0.1, 0.15) is 0 Å². The maximum atomic E-state index is 10.4. The molecule has 1 aliphatic heterocycles. The van der Waals surface area contributed by atoms with Gasteiger partial charge in [-0.1, -0.05) is 6.08 Å². The molecular formula is C6H8N2O2. The van der Waals surface area contributed by atoms with Crippen molar-refractivity contribution in [2.45, 2.75) is 6.10 Å². The summed E-state index contributed by atoms with van der Waals surface area (Å²) in [5.41, 5.74) is 0.431. The van der Waals surface area contributed by atoms with Crippen molar-refractivity contribution in [3.05, 3.63) is 12.7 Å². The summed E-state index contributed by atoms with van der Waals surface area (Å²) in [4.78, 5) is 13.9. The molecule has 54 valence electrons. The van der Waals surface area contributed by atoms with Crippen LogP contribution >= 0.6 is 0 Å². The Balaban J connectivity index is 2.65. The van der Waals surface area contributed by atoms with E-state index in [1.54, 1.807) is 0 Å². The largest absolute Gasteiger partial charge is 0.383 e. The van der Waals surface area contributed by atoms with Crippen molar-refractivity contribution < 1.29 is 9.90 Å². The first kappa shape index (κ1) is 6.95. The number of aliphatic imine (C=N–C) groups is 1. The van der Waals surface area contributed by atoms with Crippen molar-refractivity contribution in [2.24, 2.45) is 4.99 Å². The zero-order valence-electron chi connectivity index (χ0n) is 5.37. The van der Waals surface area contributed by atoms with Crippen LogP contribution in [0.3, 0.4) is 0 Å². The second-order valence-electron chi connectivity index (χ2n) is 1.94. The van der Waals surface area contributed by atoms with Crippen molar-refractivity contribution in [3.8, 4) is 0 Å². The molecule has 1 heterocycles. The molecule has 0 aromatic rings. The second-order valence-corrected chi connectivity index (χ2v) is 1.94. The number of hydrogen-bond donors (Lipinski definition) is 2. The number of nitrogens with zero attached hydrogens (tertiary/aromatic N) is 1. The van der Waals surface area contributed by atoms with Crippen LogP contribution in [0.2, 0.25) is 0 Å². The van der Waals surface area contributed by atoms with Gasteiger partial charge in [0.05, 0.1) is 12.3 Å². The van der Waals surface area contributed by atoms with Crippen LogP contribution in [0.4, 0.5) is 4.79 Å². The zero-order valence-corrected chi connectivity index (χ0v) is 5.37. The average Bonchev–Trinajstić information content (AvgIpc) is 2.34. The Bertz CT molecular complexity index is 198. The predicted molar refractivity (Wildman–Crippen MR) is 37.0 cm³/mol. The van der Waals surface area contributed by atoms with E-state index in [-0.39, 0.29) is 0 Å². The number of aliphatic hydroxyl groups is 1. The number of nitrogens with one attached hydrogen (secondary N) is 1. The molecule has 2 N–H and O–H groups in total. The van der Waals surface area contributed by atoms with Gasteiger partial charge >= 0.3 is 6.03 Å². The highest BCUT2D eigenvalue weighted by molar-refractivity contribution is 6.05. The summed E-state index contributed by atoms with van der Waals surface area (Å²) in [6.07, 6.45) is 0.540. The van der Waals surface area contributed by atoms with Crippen molar-refractivity contribution in [1.82, 2.24) is 5.32 Å². The normalized spacial score (nSPS) is 19.7. The molecule has 1 atom stereocenters. The molecule has 1 aliphatic rings. The van der Waals surface area contributed by atoms with Gasteiger partial charge in [0.2, 0.25) is 0 Å². The van der Waals surface area contributed by atoms with E-state index in [0.29, 0.717) is 12.3 Å².